The summed E-state index contributed by atoms with van der Waals surface area (Å²) in [7, 11) is 0. The zero-order valence-corrected chi connectivity index (χ0v) is 11.3. The molecule has 0 aromatic carbocycles. The van der Waals surface area contributed by atoms with E-state index in [1.807, 2.05) is 0 Å². The monoisotopic (exact) mass is 285 g/mol. The summed E-state index contributed by atoms with van der Waals surface area (Å²) in [6.07, 6.45) is 5.73. The number of furan rings is 1. The molecule has 6 nitrogen and oxygen atoms in total. The molecule has 4 rings (SSSR count). The van der Waals surface area contributed by atoms with Gasteiger partial charge < -0.3 is 15.1 Å². The number of hydrogen-bond donors (Lipinski definition) is 2. The fourth-order valence-corrected chi connectivity index (χ4v) is 3.42. The number of carbonyl (C=O) groups is 2. The van der Waals surface area contributed by atoms with E-state index in [2.05, 4.69) is 15.6 Å². The largest absolute Gasteiger partial charge is 0.462 e. The zero-order valence-electron chi connectivity index (χ0n) is 11.3. The molecule has 1 saturated heterocycles. The van der Waals surface area contributed by atoms with E-state index in [4.69, 9.17) is 4.42 Å². The van der Waals surface area contributed by atoms with Crippen LogP contribution in [-0.4, -0.2) is 35.8 Å². The molecule has 1 amide bonds. The predicted octanol–water partition coefficient (Wildman–Crippen LogP) is 1.12. The molecule has 1 aliphatic heterocycles. The minimum absolute atomic E-state index is 0.170. The molecule has 3 atom stereocenters. The predicted molar refractivity (Wildman–Crippen MR) is 75.2 cm³/mol. The number of aldehydes is 1. The Morgan fingerprint density at radius 1 is 1.48 bits per heavy atom. The van der Waals surface area contributed by atoms with Crippen LogP contribution >= 0.6 is 0 Å². The first-order chi connectivity index (χ1) is 10.2. The first-order valence-electron chi connectivity index (χ1n) is 7.11. The normalized spacial score (nSPS) is 27.1. The van der Waals surface area contributed by atoms with Crippen LogP contribution in [0.3, 0.4) is 0 Å². The highest BCUT2D eigenvalue weighted by molar-refractivity contribution is 6.00. The topological polar surface area (TPSA) is 84.2 Å². The summed E-state index contributed by atoms with van der Waals surface area (Å²) in [4.78, 5) is 27.4. The summed E-state index contributed by atoms with van der Waals surface area (Å²) in [6, 6.07) is 2.16. The van der Waals surface area contributed by atoms with Gasteiger partial charge in [-0.25, -0.2) is 4.98 Å². The van der Waals surface area contributed by atoms with Gasteiger partial charge in [-0.2, -0.15) is 0 Å². The first kappa shape index (κ1) is 12.5. The number of carbonyl (C=O) groups excluding carboxylic acids is 2. The van der Waals surface area contributed by atoms with Crippen molar-refractivity contribution in [2.45, 2.75) is 24.9 Å². The first-order valence-corrected chi connectivity index (χ1v) is 7.11. The molecular weight excluding hydrogens is 270 g/mol. The van der Waals surface area contributed by atoms with Gasteiger partial charge in [0.2, 0.25) is 0 Å². The highest BCUT2D eigenvalue weighted by Crippen LogP contribution is 2.31. The second-order valence-corrected chi connectivity index (χ2v) is 5.81. The molecule has 2 fully saturated rings. The van der Waals surface area contributed by atoms with E-state index in [9.17, 15) is 9.59 Å². The lowest BCUT2D eigenvalue weighted by molar-refractivity contribution is 0.0923. The van der Waals surface area contributed by atoms with Gasteiger partial charge >= 0.3 is 0 Å². The number of nitrogens with zero attached hydrogens (tertiary/aromatic N) is 1. The molecule has 1 aliphatic carbocycles. The second-order valence-electron chi connectivity index (χ2n) is 5.81. The molecule has 2 aromatic rings. The number of fused-ring (bicyclic) bond motifs is 3. The molecule has 2 aromatic heterocycles. The van der Waals surface area contributed by atoms with Crippen molar-refractivity contribution in [2.24, 2.45) is 5.92 Å². The fraction of sp³-hybridized carbons (Fsp3) is 0.400. The van der Waals surface area contributed by atoms with Crippen LogP contribution in [0.25, 0.3) is 11.0 Å². The smallest absolute Gasteiger partial charge is 0.270 e. The van der Waals surface area contributed by atoms with E-state index in [0.717, 1.165) is 19.4 Å². The van der Waals surface area contributed by atoms with Crippen LogP contribution in [0.5, 0.6) is 0 Å². The van der Waals surface area contributed by atoms with Gasteiger partial charge in [-0.3, -0.25) is 9.59 Å². The summed E-state index contributed by atoms with van der Waals surface area (Å²) in [6.45, 7) is 1.05. The Bertz CT molecular complexity index is 724. The summed E-state index contributed by atoms with van der Waals surface area (Å²) < 4.78 is 5.21. The van der Waals surface area contributed by atoms with E-state index in [1.54, 1.807) is 6.07 Å². The van der Waals surface area contributed by atoms with Crippen molar-refractivity contribution in [1.82, 2.24) is 15.6 Å². The maximum Gasteiger partial charge on any atom is 0.270 e. The fourth-order valence-electron chi connectivity index (χ4n) is 3.42. The molecule has 6 heteroatoms. The molecule has 3 unspecified atom stereocenters. The zero-order chi connectivity index (χ0) is 14.4. The van der Waals surface area contributed by atoms with Gasteiger partial charge in [-0.1, -0.05) is 0 Å². The van der Waals surface area contributed by atoms with Crippen LogP contribution in [-0.2, 0) is 0 Å². The Morgan fingerprint density at radius 2 is 2.38 bits per heavy atom. The molecule has 21 heavy (non-hydrogen) atoms. The lowest BCUT2D eigenvalue weighted by Gasteiger charge is -2.23. The van der Waals surface area contributed by atoms with E-state index in [0.29, 0.717) is 40.5 Å². The average Bonchev–Trinajstić information content (AvgIpc) is 3.21. The van der Waals surface area contributed by atoms with Crippen molar-refractivity contribution in [1.29, 1.82) is 0 Å². The van der Waals surface area contributed by atoms with Gasteiger partial charge in [0.1, 0.15) is 12.0 Å². The van der Waals surface area contributed by atoms with Crippen molar-refractivity contribution < 1.29 is 14.0 Å². The van der Waals surface area contributed by atoms with Crippen LogP contribution in [0.15, 0.2) is 22.9 Å². The number of piperidine rings is 1. The van der Waals surface area contributed by atoms with Gasteiger partial charge in [0.15, 0.2) is 11.9 Å². The van der Waals surface area contributed by atoms with Gasteiger partial charge in [0.05, 0.1) is 11.8 Å². The molecule has 108 valence electrons. The van der Waals surface area contributed by atoms with E-state index in [-0.39, 0.29) is 11.9 Å². The number of hydrogen-bond acceptors (Lipinski definition) is 5. The molecule has 2 bridgehead atoms. The highest BCUT2D eigenvalue weighted by atomic mass is 16.3. The minimum atomic E-state index is -0.200. The van der Waals surface area contributed by atoms with E-state index in [1.165, 1.54) is 12.5 Å². The van der Waals surface area contributed by atoms with Crippen LogP contribution in [0.1, 0.15) is 33.7 Å². The van der Waals surface area contributed by atoms with Crippen LogP contribution in [0.2, 0.25) is 0 Å². The number of nitrogens with one attached hydrogen (secondary N) is 2. The molecule has 2 aliphatic rings. The molecular formula is C15H15N3O3. The van der Waals surface area contributed by atoms with Crippen LogP contribution in [0.4, 0.5) is 0 Å². The molecule has 2 N–H and O–H groups in total. The summed E-state index contributed by atoms with van der Waals surface area (Å²) in [5, 5.41) is 7.07. The third kappa shape index (κ3) is 2.03. The highest BCUT2D eigenvalue weighted by Gasteiger charge is 2.40. The maximum atomic E-state index is 12.3. The summed E-state index contributed by atoms with van der Waals surface area (Å²) >= 11 is 0. The van der Waals surface area contributed by atoms with Gasteiger partial charge in [-0.15, -0.1) is 0 Å². The summed E-state index contributed by atoms with van der Waals surface area (Å²) in [5.41, 5.74) is 1.26. The third-order valence-corrected chi connectivity index (χ3v) is 4.50. The molecule has 0 spiro atoms. The van der Waals surface area contributed by atoms with E-state index < -0.39 is 0 Å². The Labute approximate surface area is 120 Å². The van der Waals surface area contributed by atoms with Crippen LogP contribution < -0.4 is 10.6 Å². The Hall–Kier alpha value is -2.21. The standard InChI is InChI=1S/C15H15N3O3/c19-6-9-7-21-14-5-17-13(3-10(9)14)15(20)18-12-2-8-1-11(12)16-4-8/h3,5-8,11-12,16H,1-2,4H2,(H,18,20). The van der Waals surface area contributed by atoms with E-state index >= 15 is 0 Å². The van der Waals surface area contributed by atoms with Crippen LogP contribution in [0, 0.1) is 5.92 Å². The lowest BCUT2D eigenvalue weighted by Crippen LogP contribution is -2.48. The van der Waals surface area contributed by atoms with Crippen molar-refractivity contribution >= 4 is 23.2 Å². The minimum Gasteiger partial charge on any atom is -0.462 e. The van der Waals surface area contributed by atoms with Crippen molar-refractivity contribution in [3.63, 3.8) is 0 Å². The molecule has 1 saturated carbocycles. The van der Waals surface area contributed by atoms with Gasteiger partial charge in [0, 0.05) is 17.5 Å². The number of rotatable bonds is 3. The van der Waals surface area contributed by atoms with Gasteiger partial charge in [-0.05, 0) is 31.4 Å². The van der Waals surface area contributed by atoms with Crippen molar-refractivity contribution in [2.75, 3.05) is 6.54 Å². The quantitative estimate of drug-likeness (QED) is 0.826. The lowest BCUT2D eigenvalue weighted by atomic mass is 10.1. The third-order valence-electron chi connectivity index (χ3n) is 4.50. The second kappa shape index (κ2) is 4.66. The average molecular weight is 285 g/mol. The summed E-state index contributed by atoms with van der Waals surface area (Å²) in [5.74, 6) is 0.473. The SMILES string of the molecule is O=Cc1coc2cnc(C(=O)NC3CC4CNC3C4)cc12. The number of pyridine rings is 1. The Balaban J connectivity index is 1.57. The molecule has 0 radical (unpaired) electrons. The van der Waals surface area contributed by atoms with Crippen molar-refractivity contribution in [3.05, 3.63) is 29.8 Å². The molecule has 3 heterocycles. The maximum absolute atomic E-state index is 12.3. The number of aromatic nitrogens is 1. The Morgan fingerprint density at radius 3 is 3.10 bits per heavy atom. The van der Waals surface area contributed by atoms with Crippen molar-refractivity contribution in [3.8, 4) is 0 Å². The number of amides is 1. The Kier molecular flexibility index (Phi) is 2.78. The van der Waals surface area contributed by atoms with Gasteiger partial charge in [0.25, 0.3) is 5.91 Å².